The predicted octanol–water partition coefficient (Wildman–Crippen LogP) is 2.17. The van der Waals surface area contributed by atoms with Crippen molar-refractivity contribution in [3.8, 4) is 0 Å². The lowest BCUT2D eigenvalue weighted by atomic mass is 10.2. The summed E-state index contributed by atoms with van der Waals surface area (Å²) in [6.45, 7) is 12.9. The summed E-state index contributed by atoms with van der Waals surface area (Å²) in [5.41, 5.74) is 0. The zero-order chi connectivity index (χ0) is 14.6. The molecular weight excluding hydrogens is 268 g/mol. The van der Waals surface area contributed by atoms with Crippen molar-refractivity contribution in [3.05, 3.63) is 0 Å². The number of guanidine groups is 1. The second-order valence-corrected chi connectivity index (χ2v) is 6.57. The Hall–Kier alpha value is -0.420. The average molecular weight is 301 g/mol. The molecule has 1 rings (SSSR count). The van der Waals surface area contributed by atoms with Crippen molar-refractivity contribution in [3.63, 3.8) is 0 Å². The van der Waals surface area contributed by atoms with Crippen LogP contribution in [0.2, 0.25) is 0 Å². The summed E-state index contributed by atoms with van der Waals surface area (Å²) in [5, 5.41) is 7.53. The molecule has 4 nitrogen and oxygen atoms in total. The third-order valence-corrected chi connectivity index (χ3v) is 5.04. The molecule has 0 aromatic rings. The van der Waals surface area contributed by atoms with Crippen molar-refractivity contribution in [1.82, 2.24) is 15.5 Å². The van der Waals surface area contributed by atoms with Crippen molar-refractivity contribution < 1.29 is 0 Å². The number of aliphatic imine (C=N–C) groups is 1. The lowest BCUT2D eigenvalue weighted by Gasteiger charge is -2.18. The summed E-state index contributed by atoms with van der Waals surface area (Å²) in [6.07, 6.45) is 3.86. The van der Waals surface area contributed by atoms with Gasteiger partial charge in [0.1, 0.15) is 0 Å². The van der Waals surface area contributed by atoms with E-state index < -0.39 is 0 Å². The molecule has 0 bridgehead atoms. The van der Waals surface area contributed by atoms with Crippen molar-refractivity contribution >= 4 is 17.7 Å². The van der Waals surface area contributed by atoms with Gasteiger partial charge in [-0.3, -0.25) is 4.99 Å². The number of hydrogen-bond acceptors (Lipinski definition) is 3. The smallest absolute Gasteiger partial charge is 0.191 e. The maximum atomic E-state index is 4.71. The van der Waals surface area contributed by atoms with E-state index in [1.165, 1.54) is 25.0 Å². The predicted molar refractivity (Wildman–Crippen MR) is 91.9 cm³/mol. The van der Waals surface area contributed by atoms with E-state index in [1.54, 1.807) is 0 Å². The van der Waals surface area contributed by atoms with Gasteiger partial charge in [0, 0.05) is 18.3 Å². The van der Waals surface area contributed by atoms with E-state index in [-0.39, 0.29) is 0 Å². The molecule has 0 radical (unpaired) electrons. The van der Waals surface area contributed by atoms with E-state index in [2.05, 4.69) is 48.1 Å². The van der Waals surface area contributed by atoms with Gasteiger partial charge in [0.2, 0.25) is 0 Å². The summed E-state index contributed by atoms with van der Waals surface area (Å²) in [6, 6.07) is 0. The Kier molecular flexibility index (Phi) is 9.93. The standard InChI is InChI=1S/C15H32N4S/c1-4-16-15(18-13-14-9-7-12-20-14)17-10-8-11-19(5-2)6-3/h14H,4-13H2,1-3H3,(H2,16,17,18). The molecule has 0 saturated carbocycles. The van der Waals surface area contributed by atoms with E-state index >= 15 is 0 Å². The fourth-order valence-corrected chi connectivity index (χ4v) is 3.55. The van der Waals surface area contributed by atoms with Gasteiger partial charge in [-0.1, -0.05) is 13.8 Å². The van der Waals surface area contributed by atoms with Gasteiger partial charge in [-0.25, -0.2) is 0 Å². The van der Waals surface area contributed by atoms with Crippen molar-refractivity contribution in [2.75, 3.05) is 45.0 Å². The van der Waals surface area contributed by atoms with Crippen LogP contribution in [0.15, 0.2) is 4.99 Å². The summed E-state index contributed by atoms with van der Waals surface area (Å²) in [4.78, 5) is 7.17. The summed E-state index contributed by atoms with van der Waals surface area (Å²) in [7, 11) is 0. The first kappa shape index (κ1) is 17.6. The zero-order valence-corrected chi connectivity index (χ0v) is 14.3. The minimum absolute atomic E-state index is 0.737. The number of rotatable bonds is 9. The van der Waals surface area contributed by atoms with Crippen molar-refractivity contribution in [1.29, 1.82) is 0 Å². The molecule has 2 N–H and O–H groups in total. The molecule has 1 atom stereocenters. The molecule has 5 heteroatoms. The normalized spacial score (nSPS) is 19.6. The first-order chi connectivity index (χ1) is 9.80. The molecule has 118 valence electrons. The zero-order valence-electron chi connectivity index (χ0n) is 13.5. The quantitative estimate of drug-likeness (QED) is 0.389. The third-order valence-electron chi connectivity index (χ3n) is 3.66. The van der Waals surface area contributed by atoms with E-state index in [0.717, 1.165) is 50.5 Å². The highest BCUT2D eigenvalue weighted by atomic mass is 32.2. The van der Waals surface area contributed by atoms with Crippen LogP contribution in [-0.2, 0) is 0 Å². The molecule has 1 saturated heterocycles. The molecule has 1 aliphatic heterocycles. The SMILES string of the molecule is CCNC(=NCC1CCCS1)NCCCN(CC)CC. The van der Waals surface area contributed by atoms with Crippen molar-refractivity contribution in [2.45, 2.75) is 45.3 Å². The largest absolute Gasteiger partial charge is 0.357 e. The van der Waals surface area contributed by atoms with Crippen LogP contribution in [0, 0.1) is 0 Å². The first-order valence-electron chi connectivity index (χ1n) is 8.16. The lowest BCUT2D eigenvalue weighted by molar-refractivity contribution is 0.300. The lowest BCUT2D eigenvalue weighted by Crippen LogP contribution is -2.39. The Balaban J connectivity index is 2.21. The average Bonchev–Trinajstić information content (AvgIpc) is 2.98. The van der Waals surface area contributed by atoms with E-state index in [0.29, 0.717) is 0 Å². The summed E-state index contributed by atoms with van der Waals surface area (Å²) < 4.78 is 0. The summed E-state index contributed by atoms with van der Waals surface area (Å²) in [5.74, 6) is 2.30. The second kappa shape index (κ2) is 11.3. The topological polar surface area (TPSA) is 39.7 Å². The highest BCUT2D eigenvalue weighted by molar-refractivity contribution is 8.00. The summed E-state index contributed by atoms with van der Waals surface area (Å²) >= 11 is 2.07. The molecule has 20 heavy (non-hydrogen) atoms. The van der Waals surface area contributed by atoms with Crippen LogP contribution in [0.1, 0.15) is 40.0 Å². The van der Waals surface area contributed by atoms with Crippen LogP contribution in [0.25, 0.3) is 0 Å². The maximum absolute atomic E-state index is 4.71. The van der Waals surface area contributed by atoms with Gasteiger partial charge in [-0.2, -0.15) is 11.8 Å². The van der Waals surface area contributed by atoms with E-state index in [4.69, 9.17) is 4.99 Å². The molecule has 0 aromatic heterocycles. The number of thioether (sulfide) groups is 1. The monoisotopic (exact) mass is 300 g/mol. The third kappa shape index (κ3) is 7.39. The minimum Gasteiger partial charge on any atom is -0.357 e. The van der Waals surface area contributed by atoms with Gasteiger partial charge >= 0.3 is 0 Å². The maximum Gasteiger partial charge on any atom is 0.191 e. The Morgan fingerprint density at radius 1 is 1.25 bits per heavy atom. The van der Waals surface area contributed by atoms with Gasteiger partial charge in [-0.15, -0.1) is 0 Å². The second-order valence-electron chi connectivity index (χ2n) is 5.16. The number of nitrogens with one attached hydrogen (secondary N) is 2. The molecule has 1 aliphatic rings. The van der Waals surface area contributed by atoms with Gasteiger partial charge in [0.05, 0.1) is 6.54 Å². The van der Waals surface area contributed by atoms with Gasteiger partial charge in [0.15, 0.2) is 5.96 Å². The molecule has 0 aromatic carbocycles. The highest BCUT2D eigenvalue weighted by Gasteiger charge is 2.14. The Morgan fingerprint density at radius 2 is 2.05 bits per heavy atom. The van der Waals surface area contributed by atoms with E-state index in [1.807, 2.05) is 0 Å². The fourth-order valence-electron chi connectivity index (χ4n) is 2.37. The van der Waals surface area contributed by atoms with Crippen LogP contribution < -0.4 is 10.6 Å². The van der Waals surface area contributed by atoms with Gasteiger partial charge in [0.25, 0.3) is 0 Å². The molecule has 0 aliphatic carbocycles. The van der Waals surface area contributed by atoms with E-state index in [9.17, 15) is 0 Å². The van der Waals surface area contributed by atoms with Gasteiger partial charge in [-0.05, 0) is 51.6 Å². The van der Waals surface area contributed by atoms with Crippen LogP contribution in [0.3, 0.4) is 0 Å². The van der Waals surface area contributed by atoms with Crippen LogP contribution in [0.4, 0.5) is 0 Å². The number of nitrogens with zero attached hydrogens (tertiary/aromatic N) is 2. The first-order valence-corrected chi connectivity index (χ1v) is 9.21. The molecule has 1 heterocycles. The minimum atomic E-state index is 0.737. The van der Waals surface area contributed by atoms with Gasteiger partial charge < -0.3 is 15.5 Å². The molecule has 1 unspecified atom stereocenters. The van der Waals surface area contributed by atoms with Crippen LogP contribution in [0.5, 0.6) is 0 Å². The molecule has 0 spiro atoms. The molecule has 1 fully saturated rings. The van der Waals surface area contributed by atoms with Crippen LogP contribution in [-0.4, -0.2) is 61.1 Å². The van der Waals surface area contributed by atoms with Crippen molar-refractivity contribution in [2.24, 2.45) is 4.99 Å². The Labute approximate surface area is 129 Å². The van der Waals surface area contributed by atoms with Crippen LogP contribution >= 0.6 is 11.8 Å². The Morgan fingerprint density at radius 3 is 2.65 bits per heavy atom. The Bertz CT molecular complexity index is 261. The number of hydrogen-bond donors (Lipinski definition) is 2. The molecular formula is C15H32N4S. The fraction of sp³-hybridized carbons (Fsp3) is 0.933. The molecule has 0 amide bonds. The highest BCUT2D eigenvalue weighted by Crippen LogP contribution is 2.25.